The third-order valence-electron chi connectivity index (χ3n) is 3.69. The Morgan fingerprint density at radius 1 is 0.885 bits per heavy atom. The van der Waals surface area contributed by atoms with Gasteiger partial charge in [-0.3, -0.25) is 0 Å². The molecule has 0 aromatic heterocycles. The fraction of sp³-hybridized carbons (Fsp3) is 0.0500. The van der Waals surface area contributed by atoms with E-state index in [1.165, 1.54) is 24.3 Å². The van der Waals surface area contributed by atoms with Crippen LogP contribution in [0, 0.1) is 6.92 Å². The molecule has 0 amide bonds. The number of hydrogen-bond acceptors (Lipinski definition) is 3. The number of amidine groups is 1. The standard InChI is InChI=1S/C20H18N2O3S/c1-15-7-13-19(14-8-15)26(24,25)22-20(16-5-3-2-4-6-16)21-17-9-11-18(23)12-10-17/h2-14,23H,1H3,(H,21,22)/p-1. The van der Waals surface area contributed by atoms with Crippen LogP contribution in [0.25, 0.3) is 0 Å². The van der Waals surface area contributed by atoms with E-state index in [9.17, 15) is 13.5 Å². The van der Waals surface area contributed by atoms with Gasteiger partial charge >= 0.3 is 0 Å². The van der Waals surface area contributed by atoms with Crippen LogP contribution >= 0.6 is 0 Å². The van der Waals surface area contributed by atoms with Crippen molar-refractivity contribution in [2.45, 2.75) is 11.8 Å². The first kappa shape index (κ1) is 17.7. The van der Waals surface area contributed by atoms with E-state index in [0.717, 1.165) is 5.56 Å². The van der Waals surface area contributed by atoms with Crippen LogP contribution in [-0.2, 0) is 10.0 Å². The van der Waals surface area contributed by atoms with Crippen molar-refractivity contribution in [2.24, 2.45) is 4.40 Å². The molecule has 0 spiro atoms. The van der Waals surface area contributed by atoms with E-state index in [1.54, 1.807) is 48.5 Å². The summed E-state index contributed by atoms with van der Waals surface area (Å²) in [4.78, 5) is 0.119. The average molecular weight is 365 g/mol. The molecule has 0 saturated carbocycles. The second-order valence-electron chi connectivity index (χ2n) is 5.74. The van der Waals surface area contributed by atoms with E-state index >= 15 is 0 Å². The maximum atomic E-state index is 12.7. The number of benzene rings is 3. The van der Waals surface area contributed by atoms with Crippen molar-refractivity contribution in [1.82, 2.24) is 0 Å². The summed E-state index contributed by atoms with van der Waals surface area (Å²) in [5.74, 6) is 0.0610. The van der Waals surface area contributed by atoms with Crippen molar-refractivity contribution >= 4 is 21.5 Å². The second kappa shape index (κ2) is 7.41. The number of anilines is 1. The van der Waals surface area contributed by atoms with Gasteiger partial charge in [0.1, 0.15) is 0 Å². The molecule has 0 saturated heterocycles. The first-order valence-electron chi connectivity index (χ1n) is 7.95. The van der Waals surface area contributed by atoms with Crippen LogP contribution in [-0.4, -0.2) is 14.3 Å². The van der Waals surface area contributed by atoms with Gasteiger partial charge in [0.15, 0.2) is 5.84 Å². The monoisotopic (exact) mass is 365 g/mol. The lowest BCUT2D eigenvalue weighted by Crippen LogP contribution is -2.16. The predicted molar refractivity (Wildman–Crippen MR) is 101 cm³/mol. The van der Waals surface area contributed by atoms with Crippen molar-refractivity contribution < 1.29 is 13.5 Å². The number of rotatable bonds is 4. The van der Waals surface area contributed by atoms with Crippen LogP contribution < -0.4 is 10.4 Å². The summed E-state index contributed by atoms with van der Waals surface area (Å²) in [5.41, 5.74) is 2.16. The topological polar surface area (TPSA) is 81.6 Å². The summed E-state index contributed by atoms with van der Waals surface area (Å²) in [6, 6.07) is 21.4. The normalized spacial score (nSPS) is 12.0. The first-order chi connectivity index (χ1) is 12.4. The molecule has 0 atom stereocenters. The molecule has 5 nitrogen and oxygen atoms in total. The van der Waals surface area contributed by atoms with E-state index in [0.29, 0.717) is 11.3 Å². The molecule has 3 rings (SSSR count). The van der Waals surface area contributed by atoms with E-state index < -0.39 is 10.0 Å². The lowest BCUT2D eigenvalue weighted by Gasteiger charge is -2.12. The van der Waals surface area contributed by atoms with Crippen molar-refractivity contribution in [2.75, 3.05) is 5.32 Å². The number of hydrogen-bond donors (Lipinski definition) is 1. The molecule has 0 fully saturated rings. The Kier molecular flexibility index (Phi) is 5.04. The SMILES string of the molecule is Cc1ccc(S(=O)(=O)N=C(Nc2ccc([O-])cc2)c2ccccc2)cc1. The molecule has 0 aliphatic rings. The molecule has 0 unspecified atom stereocenters. The van der Waals surface area contributed by atoms with Crippen LogP contribution in [0.4, 0.5) is 5.69 Å². The van der Waals surface area contributed by atoms with Gasteiger partial charge in [-0.15, -0.1) is 10.1 Å². The molecule has 0 radical (unpaired) electrons. The molecule has 3 aromatic carbocycles. The fourth-order valence-electron chi connectivity index (χ4n) is 2.30. The van der Waals surface area contributed by atoms with Crippen LogP contribution in [0.5, 0.6) is 5.75 Å². The van der Waals surface area contributed by atoms with Gasteiger partial charge < -0.3 is 10.4 Å². The van der Waals surface area contributed by atoms with Crippen molar-refractivity contribution in [3.63, 3.8) is 0 Å². The van der Waals surface area contributed by atoms with Gasteiger partial charge in [0.2, 0.25) is 0 Å². The van der Waals surface area contributed by atoms with Crippen molar-refractivity contribution in [3.05, 3.63) is 90.0 Å². The second-order valence-corrected chi connectivity index (χ2v) is 7.35. The zero-order chi connectivity index (χ0) is 18.6. The quantitative estimate of drug-likeness (QED) is 0.568. The Labute approximate surface area is 152 Å². The zero-order valence-electron chi connectivity index (χ0n) is 14.1. The molecule has 0 heterocycles. The summed E-state index contributed by atoms with van der Waals surface area (Å²) < 4.78 is 29.4. The third kappa shape index (κ3) is 4.29. The lowest BCUT2D eigenvalue weighted by molar-refractivity contribution is -0.268. The van der Waals surface area contributed by atoms with E-state index in [1.807, 2.05) is 13.0 Å². The highest BCUT2D eigenvalue weighted by Gasteiger charge is 2.15. The molecule has 0 aliphatic heterocycles. The van der Waals surface area contributed by atoms with E-state index in [2.05, 4.69) is 9.71 Å². The molecular formula is C20H17N2O3S-. The van der Waals surface area contributed by atoms with Gasteiger partial charge in [-0.1, -0.05) is 60.2 Å². The summed E-state index contributed by atoms with van der Waals surface area (Å²) in [5, 5.41) is 14.3. The molecule has 3 aromatic rings. The molecule has 132 valence electrons. The van der Waals surface area contributed by atoms with Crippen LogP contribution in [0.15, 0.2) is 88.2 Å². The van der Waals surface area contributed by atoms with Crippen LogP contribution in [0.3, 0.4) is 0 Å². The molecular weight excluding hydrogens is 348 g/mol. The number of nitrogens with zero attached hydrogens (tertiary/aromatic N) is 1. The molecule has 6 heteroatoms. The van der Waals surface area contributed by atoms with Crippen LogP contribution in [0.2, 0.25) is 0 Å². The maximum Gasteiger partial charge on any atom is 0.284 e. The average Bonchev–Trinajstić information content (AvgIpc) is 2.64. The van der Waals surface area contributed by atoms with Gasteiger partial charge in [-0.05, 0) is 31.2 Å². The largest absolute Gasteiger partial charge is 0.872 e. The molecule has 1 N–H and O–H groups in total. The molecule has 0 aliphatic carbocycles. The van der Waals surface area contributed by atoms with Gasteiger partial charge in [0.25, 0.3) is 10.0 Å². The Morgan fingerprint density at radius 3 is 2.12 bits per heavy atom. The number of nitrogens with one attached hydrogen (secondary N) is 1. The number of aryl methyl sites for hydroxylation is 1. The lowest BCUT2D eigenvalue weighted by atomic mass is 10.2. The highest BCUT2D eigenvalue weighted by atomic mass is 32.2. The Morgan fingerprint density at radius 2 is 1.50 bits per heavy atom. The summed E-state index contributed by atoms with van der Waals surface area (Å²) in [6.07, 6.45) is 0. The first-order valence-corrected chi connectivity index (χ1v) is 9.39. The van der Waals surface area contributed by atoms with Crippen molar-refractivity contribution in [1.29, 1.82) is 0 Å². The Balaban J connectivity index is 2.03. The highest BCUT2D eigenvalue weighted by Crippen LogP contribution is 2.17. The summed E-state index contributed by atoms with van der Waals surface area (Å²) in [7, 11) is -3.89. The minimum Gasteiger partial charge on any atom is -0.872 e. The fourth-order valence-corrected chi connectivity index (χ4v) is 3.28. The Bertz CT molecular complexity index is 1010. The third-order valence-corrected chi connectivity index (χ3v) is 4.99. The summed E-state index contributed by atoms with van der Waals surface area (Å²) in [6.45, 7) is 1.89. The minimum atomic E-state index is -3.89. The smallest absolute Gasteiger partial charge is 0.284 e. The Hall–Kier alpha value is -3.12. The summed E-state index contributed by atoms with van der Waals surface area (Å²) >= 11 is 0. The van der Waals surface area contributed by atoms with Gasteiger partial charge in [-0.25, -0.2) is 0 Å². The zero-order valence-corrected chi connectivity index (χ0v) is 14.9. The van der Waals surface area contributed by atoms with E-state index in [-0.39, 0.29) is 16.5 Å². The highest BCUT2D eigenvalue weighted by molar-refractivity contribution is 7.90. The van der Waals surface area contributed by atoms with E-state index in [4.69, 9.17) is 0 Å². The molecule has 26 heavy (non-hydrogen) atoms. The van der Waals surface area contributed by atoms with Crippen molar-refractivity contribution in [3.8, 4) is 5.75 Å². The predicted octanol–water partition coefficient (Wildman–Crippen LogP) is 3.32. The van der Waals surface area contributed by atoms with Crippen LogP contribution in [0.1, 0.15) is 11.1 Å². The molecule has 0 bridgehead atoms. The minimum absolute atomic E-state index is 0.119. The van der Waals surface area contributed by atoms with Gasteiger partial charge in [0, 0.05) is 11.3 Å². The number of sulfonamides is 1. The van der Waals surface area contributed by atoms with Gasteiger partial charge in [0.05, 0.1) is 4.90 Å². The van der Waals surface area contributed by atoms with Gasteiger partial charge in [-0.2, -0.15) is 8.42 Å². The maximum absolute atomic E-state index is 12.7.